The maximum absolute atomic E-state index is 10.7. The fraction of sp³-hybridized carbons (Fsp3) is 0.889. The lowest BCUT2D eigenvalue weighted by atomic mass is 9.94. The largest absolute Gasteiger partial charge is 0.481 e. The third-order valence-corrected chi connectivity index (χ3v) is 2.16. The second kappa shape index (κ2) is 6.00. The summed E-state index contributed by atoms with van der Waals surface area (Å²) in [5, 5.41) is 8.76. The van der Waals surface area contributed by atoms with Crippen LogP contribution >= 0.6 is 0 Å². The maximum atomic E-state index is 10.7. The molecule has 0 amide bonds. The first kappa shape index (κ1) is 11.4. The molecule has 0 radical (unpaired) electrons. The van der Waals surface area contributed by atoms with E-state index < -0.39 is 5.97 Å². The lowest BCUT2D eigenvalue weighted by molar-refractivity contribution is -0.142. The van der Waals surface area contributed by atoms with E-state index in [2.05, 4.69) is 6.92 Å². The van der Waals surface area contributed by atoms with E-state index in [1.54, 1.807) is 0 Å². The smallest absolute Gasteiger partial charge is 0.308 e. The molecule has 0 aromatic carbocycles. The first-order chi connectivity index (χ1) is 5.63. The third kappa shape index (κ3) is 3.72. The molecule has 3 heteroatoms. The summed E-state index contributed by atoms with van der Waals surface area (Å²) in [7, 11) is 0. The molecule has 2 unspecified atom stereocenters. The van der Waals surface area contributed by atoms with Crippen molar-refractivity contribution in [2.24, 2.45) is 11.7 Å². The molecule has 0 bridgehead atoms. The Labute approximate surface area is 74.0 Å². The lowest BCUT2D eigenvalue weighted by Crippen LogP contribution is -2.34. The van der Waals surface area contributed by atoms with Gasteiger partial charge in [-0.3, -0.25) is 4.79 Å². The van der Waals surface area contributed by atoms with Crippen molar-refractivity contribution in [2.75, 3.05) is 0 Å². The molecular weight excluding hydrogens is 154 g/mol. The molecule has 0 fully saturated rings. The van der Waals surface area contributed by atoms with E-state index in [9.17, 15) is 4.79 Å². The molecule has 2 atom stereocenters. The van der Waals surface area contributed by atoms with E-state index >= 15 is 0 Å². The van der Waals surface area contributed by atoms with Gasteiger partial charge in [0.2, 0.25) is 0 Å². The van der Waals surface area contributed by atoms with Gasteiger partial charge in [0.1, 0.15) is 0 Å². The number of nitrogens with two attached hydrogens (primary N) is 1. The summed E-state index contributed by atoms with van der Waals surface area (Å²) in [5.41, 5.74) is 5.73. The molecule has 0 heterocycles. The standard InChI is InChI=1S/C9H19NO2/c1-3-5-6-8(10)7(4-2)9(11)12/h7-8H,3-6,10H2,1-2H3,(H,11,12). The summed E-state index contributed by atoms with van der Waals surface area (Å²) in [6.45, 7) is 3.94. The number of unbranched alkanes of at least 4 members (excludes halogenated alkanes) is 1. The Hall–Kier alpha value is -0.570. The number of carboxylic acids is 1. The molecular formula is C9H19NO2. The Morgan fingerprint density at radius 2 is 2.08 bits per heavy atom. The molecule has 3 nitrogen and oxygen atoms in total. The van der Waals surface area contributed by atoms with Gasteiger partial charge < -0.3 is 10.8 Å². The van der Waals surface area contributed by atoms with Crippen molar-refractivity contribution in [3.05, 3.63) is 0 Å². The fourth-order valence-electron chi connectivity index (χ4n) is 1.30. The van der Waals surface area contributed by atoms with Gasteiger partial charge in [-0.1, -0.05) is 26.7 Å². The summed E-state index contributed by atoms with van der Waals surface area (Å²) in [6, 6.07) is -0.174. The van der Waals surface area contributed by atoms with Crippen molar-refractivity contribution < 1.29 is 9.90 Å². The van der Waals surface area contributed by atoms with Crippen molar-refractivity contribution in [3.8, 4) is 0 Å². The van der Waals surface area contributed by atoms with Crippen LogP contribution in [0.4, 0.5) is 0 Å². The zero-order valence-electron chi connectivity index (χ0n) is 7.92. The number of carboxylic acid groups (broad SMARTS) is 1. The molecule has 0 saturated heterocycles. The molecule has 0 aromatic heterocycles. The van der Waals surface area contributed by atoms with E-state index in [-0.39, 0.29) is 12.0 Å². The molecule has 0 saturated carbocycles. The average Bonchev–Trinajstić information content (AvgIpc) is 2.01. The summed E-state index contributed by atoms with van der Waals surface area (Å²) in [6.07, 6.45) is 3.54. The van der Waals surface area contributed by atoms with Gasteiger partial charge >= 0.3 is 5.97 Å². The highest BCUT2D eigenvalue weighted by Gasteiger charge is 2.22. The molecule has 0 spiro atoms. The minimum atomic E-state index is -0.763. The van der Waals surface area contributed by atoms with Crippen LogP contribution in [0.25, 0.3) is 0 Å². The van der Waals surface area contributed by atoms with Crippen LogP contribution in [-0.4, -0.2) is 17.1 Å². The van der Waals surface area contributed by atoms with Crippen LogP contribution in [0.3, 0.4) is 0 Å². The molecule has 0 aliphatic rings. The van der Waals surface area contributed by atoms with Gasteiger partial charge in [-0.05, 0) is 12.8 Å². The minimum Gasteiger partial charge on any atom is -0.481 e. The monoisotopic (exact) mass is 173 g/mol. The molecule has 0 aromatic rings. The number of rotatable bonds is 6. The molecule has 12 heavy (non-hydrogen) atoms. The van der Waals surface area contributed by atoms with Gasteiger partial charge in [0.05, 0.1) is 5.92 Å². The van der Waals surface area contributed by atoms with Gasteiger partial charge in [-0.25, -0.2) is 0 Å². The highest BCUT2D eigenvalue weighted by Crippen LogP contribution is 2.12. The van der Waals surface area contributed by atoms with Crippen LogP contribution in [0.15, 0.2) is 0 Å². The first-order valence-electron chi connectivity index (χ1n) is 4.61. The van der Waals surface area contributed by atoms with Gasteiger partial charge in [-0.15, -0.1) is 0 Å². The third-order valence-electron chi connectivity index (χ3n) is 2.16. The number of carbonyl (C=O) groups is 1. The molecule has 0 aliphatic heterocycles. The van der Waals surface area contributed by atoms with Gasteiger partial charge in [0.15, 0.2) is 0 Å². The fourth-order valence-corrected chi connectivity index (χ4v) is 1.30. The Morgan fingerprint density at radius 3 is 2.42 bits per heavy atom. The van der Waals surface area contributed by atoms with Crippen molar-refractivity contribution >= 4 is 5.97 Å². The molecule has 72 valence electrons. The first-order valence-corrected chi connectivity index (χ1v) is 4.61. The Bertz CT molecular complexity index is 136. The van der Waals surface area contributed by atoms with Crippen molar-refractivity contribution in [3.63, 3.8) is 0 Å². The van der Waals surface area contributed by atoms with Gasteiger partial charge in [0, 0.05) is 6.04 Å². The molecule has 0 rings (SSSR count). The van der Waals surface area contributed by atoms with Crippen LogP contribution in [0.2, 0.25) is 0 Å². The summed E-state index contributed by atoms with van der Waals surface area (Å²) in [4.78, 5) is 10.7. The predicted molar refractivity (Wildman–Crippen MR) is 48.9 cm³/mol. The Kier molecular flexibility index (Phi) is 5.72. The Morgan fingerprint density at radius 1 is 1.50 bits per heavy atom. The highest BCUT2D eigenvalue weighted by molar-refractivity contribution is 5.70. The number of hydrogen-bond donors (Lipinski definition) is 2. The van der Waals surface area contributed by atoms with E-state index in [1.807, 2.05) is 6.92 Å². The number of hydrogen-bond acceptors (Lipinski definition) is 2. The van der Waals surface area contributed by atoms with Crippen molar-refractivity contribution in [1.82, 2.24) is 0 Å². The Balaban J connectivity index is 3.85. The summed E-state index contributed by atoms with van der Waals surface area (Å²) < 4.78 is 0. The maximum Gasteiger partial charge on any atom is 0.308 e. The quantitative estimate of drug-likeness (QED) is 0.641. The number of aliphatic carboxylic acids is 1. The van der Waals surface area contributed by atoms with E-state index in [1.165, 1.54) is 0 Å². The summed E-state index contributed by atoms with van der Waals surface area (Å²) in [5.74, 6) is -1.13. The van der Waals surface area contributed by atoms with Gasteiger partial charge in [0.25, 0.3) is 0 Å². The van der Waals surface area contributed by atoms with Crippen molar-refractivity contribution in [1.29, 1.82) is 0 Å². The predicted octanol–water partition coefficient (Wildman–Crippen LogP) is 1.61. The second-order valence-electron chi connectivity index (χ2n) is 3.16. The molecule has 0 aliphatic carbocycles. The van der Waals surface area contributed by atoms with Crippen molar-refractivity contribution in [2.45, 2.75) is 45.6 Å². The normalized spacial score (nSPS) is 15.6. The zero-order valence-corrected chi connectivity index (χ0v) is 7.92. The van der Waals surface area contributed by atoms with Crippen LogP contribution in [0.1, 0.15) is 39.5 Å². The molecule has 3 N–H and O–H groups in total. The van der Waals surface area contributed by atoms with E-state index in [4.69, 9.17) is 10.8 Å². The topological polar surface area (TPSA) is 63.3 Å². The minimum absolute atomic E-state index is 0.174. The van der Waals surface area contributed by atoms with E-state index in [0.717, 1.165) is 19.3 Å². The highest BCUT2D eigenvalue weighted by atomic mass is 16.4. The zero-order chi connectivity index (χ0) is 9.56. The van der Waals surface area contributed by atoms with E-state index in [0.29, 0.717) is 6.42 Å². The summed E-state index contributed by atoms with van der Waals surface area (Å²) >= 11 is 0. The van der Waals surface area contributed by atoms with Crippen LogP contribution in [0, 0.1) is 5.92 Å². The second-order valence-corrected chi connectivity index (χ2v) is 3.16. The van der Waals surface area contributed by atoms with Crippen LogP contribution in [-0.2, 0) is 4.79 Å². The van der Waals surface area contributed by atoms with Crippen LogP contribution in [0.5, 0.6) is 0 Å². The average molecular weight is 173 g/mol. The lowest BCUT2D eigenvalue weighted by Gasteiger charge is -2.17. The SMILES string of the molecule is CCCCC(N)C(CC)C(=O)O. The van der Waals surface area contributed by atoms with Crippen LogP contribution < -0.4 is 5.73 Å². The van der Waals surface area contributed by atoms with Gasteiger partial charge in [-0.2, -0.15) is 0 Å².